The largest absolute Gasteiger partial charge is 0.379 e. The van der Waals surface area contributed by atoms with E-state index < -0.39 is 0 Å². The molecule has 0 amide bonds. The van der Waals surface area contributed by atoms with Gasteiger partial charge in [0, 0.05) is 44.1 Å². The fourth-order valence-electron chi connectivity index (χ4n) is 2.50. The number of nitrogens with zero attached hydrogens (tertiary/aromatic N) is 2. The summed E-state index contributed by atoms with van der Waals surface area (Å²) in [5.41, 5.74) is 2.38. The van der Waals surface area contributed by atoms with E-state index in [2.05, 4.69) is 4.90 Å². The molecule has 1 aliphatic heterocycles. The van der Waals surface area contributed by atoms with Gasteiger partial charge in [-0.3, -0.25) is 9.69 Å². The van der Waals surface area contributed by atoms with Crippen LogP contribution in [0, 0.1) is 5.82 Å². The van der Waals surface area contributed by atoms with E-state index in [4.69, 9.17) is 4.74 Å². The molecule has 23 heavy (non-hydrogen) atoms. The topological polar surface area (TPSA) is 32.8 Å². The van der Waals surface area contributed by atoms with E-state index in [1.807, 2.05) is 37.2 Å². The maximum Gasteiger partial charge on any atom is 0.142 e. The maximum absolute atomic E-state index is 14.3. The van der Waals surface area contributed by atoms with Crippen LogP contribution in [0.5, 0.6) is 0 Å². The molecule has 1 heterocycles. The summed E-state index contributed by atoms with van der Waals surface area (Å²) in [7, 11) is 1.86. The van der Waals surface area contributed by atoms with Crippen LogP contribution in [0.2, 0.25) is 0 Å². The second kappa shape index (κ2) is 8.60. The molecule has 1 aliphatic rings. The van der Waals surface area contributed by atoms with E-state index in [1.54, 1.807) is 12.1 Å². The van der Waals surface area contributed by atoms with Crippen molar-refractivity contribution in [3.05, 3.63) is 53.5 Å². The van der Waals surface area contributed by atoms with Gasteiger partial charge in [0.2, 0.25) is 0 Å². The van der Waals surface area contributed by atoms with Crippen LogP contribution in [0.15, 0.2) is 42.1 Å². The predicted octanol–water partition coefficient (Wildman–Crippen LogP) is 2.75. The smallest absolute Gasteiger partial charge is 0.142 e. The number of rotatable bonds is 6. The van der Waals surface area contributed by atoms with Gasteiger partial charge >= 0.3 is 0 Å². The summed E-state index contributed by atoms with van der Waals surface area (Å²) < 4.78 is 19.6. The molecule has 0 atom stereocenters. The van der Waals surface area contributed by atoms with Gasteiger partial charge < -0.3 is 9.64 Å². The monoisotopic (exact) mass is 318 g/mol. The number of halogens is 1. The molecule has 2 rings (SSSR count). The summed E-state index contributed by atoms with van der Waals surface area (Å²) in [6, 6.07) is 5.29. The van der Waals surface area contributed by atoms with Crippen molar-refractivity contribution in [1.82, 2.24) is 4.90 Å². The highest BCUT2D eigenvalue weighted by molar-refractivity contribution is 5.65. The van der Waals surface area contributed by atoms with E-state index in [0.29, 0.717) is 25.3 Å². The third-order valence-corrected chi connectivity index (χ3v) is 3.78. The lowest BCUT2D eigenvalue weighted by Crippen LogP contribution is -2.35. The zero-order valence-corrected chi connectivity index (χ0v) is 13.7. The lowest BCUT2D eigenvalue weighted by Gasteiger charge is -2.27. The fraction of sp³-hybridized carbons (Fsp3) is 0.389. The molecule has 0 N–H and O–H groups in total. The fourth-order valence-corrected chi connectivity index (χ4v) is 2.50. The minimum Gasteiger partial charge on any atom is -0.379 e. The maximum atomic E-state index is 14.3. The summed E-state index contributed by atoms with van der Waals surface area (Å²) in [5, 5.41) is 0. The van der Waals surface area contributed by atoms with Gasteiger partial charge in [-0.05, 0) is 30.7 Å². The summed E-state index contributed by atoms with van der Waals surface area (Å²) in [6.45, 7) is 5.59. The predicted molar refractivity (Wildman–Crippen MR) is 89.9 cm³/mol. The lowest BCUT2D eigenvalue weighted by atomic mass is 10.1. The molecule has 1 aromatic rings. The Morgan fingerprint density at radius 1 is 1.39 bits per heavy atom. The van der Waals surface area contributed by atoms with Crippen molar-refractivity contribution in [2.45, 2.75) is 13.5 Å². The number of aldehydes is 1. The Hall–Kier alpha value is -1.98. The Labute approximate surface area is 136 Å². The summed E-state index contributed by atoms with van der Waals surface area (Å²) >= 11 is 0. The Bertz CT molecular complexity index is 593. The molecule has 124 valence electrons. The number of ether oxygens (including phenoxy) is 1. The number of allylic oxidation sites excluding steroid dienone is 3. The highest BCUT2D eigenvalue weighted by atomic mass is 19.1. The number of hydrogen-bond donors (Lipinski definition) is 0. The first-order valence-corrected chi connectivity index (χ1v) is 7.72. The number of morpholine rings is 1. The van der Waals surface area contributed by atoms with Gasteiger partial charge in [0.1, 0.15) is 12.1 Å². The standard InChI is InChI=1S/C18H23FN2O2/c1-15(4-3-9-22)13-20(2)17-6-5-16(18(19)12-17)14-21-7-10-23-11-8-21/h3-6,9,12-13H,7-8,10-11,14H2,1-2H3/b4-3-,15-13-. The highest BCUT2D eigenvalue weighted by Crippen LogP contribution is 2.20. The van der Waals surface area contributed by atoms with E-state index in [1.165, 1.54) is 6.08 Å². The molecule has 1 saturated heterocycles. The van der Waals surface area contributed by atoms with E-state index in [9.17, 15) is 9.18 Å². The molecule has 1 fully saturated rings. The average molecular weight is 318 g/mol. The first-order valence-electron chi connectivity index (χ1n) is 7.72. The minimum absolute atomic E-state index is 0.199. The van der Waals surface area contributed by atoms with Gasteiger partial charge in [-0.25, -0.2) is 4.39 Å². The van der Waals surface area contributed by atoms with Crippen molar-refractivity contribution < 1.29 is 13.9 Å². The van der Waals surface area contributed by atoms with Crippen LogP contribution < -0.4 is 4.90 Å². The van der Waals surface area contributed by atoms with Gasteiger partial charge in [0.25, 0.3) is 0 Å². The van der Waals surface area contributed by atoms with Crippen LogP contribution in [0.3, 0.4) is 0 Å². The van der Waals surface area contributed by atoms with Gasteiger partial charge in [-0.1, -0.05) is 12.1 Å². The Balaban J connectivity index is 2.05. The minimum atomic E-state index is -0.199. The van der Waals surface area contributed by atoms with Crippen molar-refractivity contribution in [3.63, 3.8) is 0 Å². The number of hydrogen-bond acceptors (Lipinski definition) is 4. The van der Waals surface area contributed by atoms with Crippen molar-refractivity contribution in [2.24, 2.45) is 0 Å². The molecule has 0 aliphatic carbocycles. The molecule has 5 heteroatoms. The van der Waals surface area contributed by atoms with Gasteiger partial charge in [-0.15, -0.1) is 0 Å². The summed E-state index contributed by atoms with van der Waals surface area (Å²) in [4.78, 5) is 14.4. The lowest BCUT2D eigenvalue weighted by molar-refractivity contribution is -0.104. The third-order valence-electron chi connectivity index (χ3n) is 3.78. The van der Waals surface area contributed by atoms with Gasteiger partial charge in [0.05, 0.1) is 13.2 Å². The van der Waals surface area contributed by atoms with E-state index in [0.717, 1.165) is 30.6 Å². The number of carbonyl (C=O) groups is 1. The molecular formula is C18H23FN2O2. The van der Waals surface area contributed by atoms with E-state index >= 15 is 0 Å². The second-order valence-electron chi connectivity index (χ2n) is 5.64. The van der Waals surface area contributed by atoms with Gasteiger partial charge in [-0.2, -0.15) is 0 Å². The zero-order valence-electron chi connectivity index (χ0n) is 13.7. The van der Waals surface area contributed by atoms with Crippen molar-refractivity contribution in [1.29, 1.82) is 0 Å². The van der Waals surface area contributed by atoms with Crippen LogP contribution in [0.4, 0.5) is 10.1 Å². The van der Waals surface area contributed by atoms with Crippen LogP contribution >= 0.6 is 0 Å². The molecule has 0 aromatic heterocycles. The molecule has 1 aromatic carbocycles. The van der Waals surface area contributed by atoms with Gasteiger partial charge in [0.15, 0.2) is 0 Å². The first kappa shape index (κ1) is 17.4. The van der Waals surface area contributed by atoms with Crippen molar-refractivity contribution >= 4 is 12.0 Å². The van der Waals surface area contributed by atoms with Crippen molar-refractivity contribution in [2.75, 3.05) is 38.3 Å². The average Bonchev–Trinajstić information content (AvgIpc) is 2.55. The quantitative estimate of drug-likeness (QED) is 0.459. The molecule has 0 radical (unpaired) electrons. The molecular weight excluding hydrogens is 295 g/mol. The van der Waals surface area contributed by atoms with Crippen LogP contribution in [-0.2, 0) is 16.1 Å². The Morgan fingerprint density at radius 2 is 2.13 bits per heavy atom. The van der Waals surface area contributed by atoms with Crippen LogP contribution in [0.1, 0.15) is 12.5 Å². The molecule has 4 nitrogen and oxygen atoms in total. The Kier molecular flexibility index (Phi) is 6.50. The molecule has 0 saturated carbocycles. The molecule has 0 unspecified atom stereocenters. The SMILES string of the molecule is CC(/C=C\C=O)=C/N(C)c1ccc(CN2CCOCC2)c(F)c1. The third kappa shape index (κ3) is 5.30. The van der Waals surface area contributed by atoms with Crippen LogP contribution in [-0.4, -0.2) is 44.5 Å². The molecule has 0 spiro atoms. The second-order valence-corrected chi connectivity index (χ2v) is 5.64. The van der Waals surface area contributed by atoms with E-state index in [-0.39, 0.29) is 5.82 Å². The Morgan fingerprint density at radius 3 is 2.78 bits per heavy atom. The number of benzene rings is 1. The molecule has 0 bridgehead atoms. The van der Waals surface area contributed by atoms with Crippen LogP contribution in [0.25, 0.3) is 0 Å². The van der Waals surface area contributed by atoms with Crippen molar-refractivity contribution in [3.8, 4) is 0 Å². The number of carbonyl (C=O) groups excluding carboxylic acids is 1. The highest BCUT2D eigenvalue weighted by Gasteiger charge is 2.13. The summed E-state index contributed by atoms with van der Waals surface area (Å²) in [6.07, 6.45) is 5.74. The normalized spacial score (nSPS) is 16.7. The summed E-state index contributed by atoms with van der Waals surface area (Å²) in [5.74, 6) is -0.199. The number of anilines is 1. The zero-order chi connectivity index (χ0) is 16.7. The first-order chi connectivity index (χ1) is 11.1.